The minimum Gasteiger partial charge on any atom is -0.385 e. The number of nitrogens with one attached hydrogen (secondary N) is 1. The monoisotopic (exact) mass is 241 g/mol. The molecule has 6 heteroatoms. The first kappa shape index (κ1) is 14.1. The Morgan fingerprint density at radius 2 is 2.29 bits per heavy atom. The first-order chi connectivity index (χ1) is 8.17. The van der Waals surface area contributed by atoms with Gasteiger partial charge in [-0.1, -0.05) is 13.8 Å². The highest BCUT2D eigenvalue weighted by molar-refractivity contribution is 4.89. The zero-order valence-electron chi connectivity index (χ0n) is 10.9. The quantitative estimate of drug-likeness (QED) is 0.507. The van der Waals surface area contributed by atoms with E-state index in [-0.39, 0.29) is 6.04 Å². The largest absolute Gasteiger partial charge is 0.385 e. The zero-order chi connectivity index (χ0) is 12.7. The van der Waals surface area contributed by atoms with E-state index in [0.29, 0.717) is 12.5 Å². The van der Waals surface area contributed by atoms with Crippen molar-refractivity contribution >= 4 is 0 Å². The number of nitrogens with zero attached hydrogens (tertiary/aromatic N) is 3. The lowest BCUT2D eigenvalue weighted by molar-refractivity contribution is 0.182. The Hall–Kier alpha value is -0.980. The van der Waals surface area contributed by atoms with Gasteiger partial charge in [-0.15, -0.1) is 0 Å². The van der Waals surface area contributed by atoms with Gasteiger partial charge >= 0.3 is 0 Å². The van der Waals surface area contributed by atoms with Crippen molar-refractivity contribution in [3.63, 3.8) is 0 Å². The van der Waals surface area contributed by atoms with Crippen LogP contribution in [0.25, 0.3) is 0 Å². The molecule has 0 aliphatic carbocycles. The van der Waals surface area contributed by atoms with Gasteiger partial charge in [-0.05, 0) is 12.3 Å². The maximum Gasteiger partial charge on any atom is 0.138 e. The van der Waals surface area contributed by atoms with Crippen molar-refractivity contribution in [1.82, 2.24) is 20.2 Å². The van der Waals surface area contributed by atoms with E-state index >= 15 is 0 Å². The van der Waals surface area contributed by atoms with E-state index in [9.17, 15) is 0 Å². The molecule has 1 heterocycles. The van der Waals surface area contributed by atoms with E-state index in [1.54, 1.807) is 13.4 Å². The highest BCUT2D eigenvalue weighted by Gasteiger charge is 2.13. The van der Waals surface area contributed by atoms with E-state index in [4.69, 9.17) is 10.6 Å². The lowest BCUT2D eigenvalue weighted by Gasteiger charge is -2.16. The Labute approximate surface area is 103 Å². The van der Waals surface area contributed by atoms with Gasteiger partial charge in [-0.3, -0.25) is 11.3 Å². The first-order valence-electron chi connectivity index (χ1n) is 5.99. The van der Waals surface area contributed by atoms with Crippen LogP contribution in [0.1, 0.15) is 26.1 Å². The van der Waals surface area contributed by atoms with Crippen molar-refractivity contribution in [1.29, 1.82) is 0 Å². The van der Waals surface area contributed by atoms with Gasteiger partial charge < -0.3 is 4.74 Å². The molecule has 3 N–H and O–H groups in total. The second-order valence-electron chi connectivity index (χ2n) is 4.60. The number of rotatable bonds is 8. The van der Waals surface area contributed by atoms with Crippen LogP contribution in [-0.2, 0) is 17.7 Å². The van der Waals surface area contributed by atoms with Crippen LogP contribution < -0.4 is 11.3 Å². The van der Waals surface area contributed by atoms with Crippen LogP contribution in [0.4, 0.5) is 0 Å². The lowest BCUT2D eigenvalue weighted by atomic mass is 10.1. The van der Waals surface area contributed by atoms with E-state index in [2.05, 4.69) is 29.4 Å². The summed E-state index contributed by atoms with van der Waals surface area (Å²) in [6, 6.07) is 0.171. The standard InChI is InChI=1S/C11H23N5O/c1-9(2)7-16-11(13-8-14-16)6-10(15-12)4-5-17-3/h8-10,15H,4-7,12H2,1-3H3. The fourth-order valence-corrected chi connectivity index (χ4v) is 1.67. The molecule has 1 aromatic rings. The van der Waals surface area contributed by atoms with Crippen molar-refractivity contribution in [3.8, 4) is 0 Å². The molecule has 0 spiro atoms. The number of hydrazine groups is 1. The molecule has 6 nitrogen and oxygen atoms in total. The lowest BCUT2D eigenvalue weighted by Crippen LogP contribution is -2.38. The van der Waals surface area contributed by atoms with Crippen LogP contribution in [0.3, 0.4) is 0 Å². The van der Waals surface area contributed by atoms with Gasteiger partial charge in [0.25, 0.3) is 0 Å². The number of nitrogens with two attached hydrogens (primary N) is 1. The Bertz CT molecular complexity index is 313. The molecule has 0 radical (unpaired) electrons. The smallest absolute Gasteiger partial charge is 0.138 e. The minimum atomic E-state index is 0.171. The van der Waals surface area contributed by atoms with E-state index in [1.807, 2.05) is 4.68 Å². The molecule has 0 saturated heterocycles. The van der Waals surface area contributed by atoms with Gasteiger partial charge in [-0.2, -0.15) is 5.10 Å². The summed E-state index contributed by atoms with van der Waals surface area (Å²) < 4.78 is 7.00. The summed E-state index contributed by atoms with van der Waals surface area (Å²) >= 11 is 0. The first-order valence-corrected chi connectivity index (χ1v) is 5.99. The Balaban J connectivity index is 2.56. The third-order valence-corrected chi connectivity index (χ3v) is 2.57. The third-order valence-electron chi connectivity index (χ3n) is 2.57. The van der Waals surface area contributed by atoms with Gasteiger partial charge in [0.2, 0.25) is 0 Å². The van der Waals surface area contributed by atoms with E-state index in [1.165, 1.54) is 0 Å². The maximum absolute atomic E-state index is 5.52. The van der Waals surface area contributed by atoms with E-state index in [0.717, 1.165) is 25.2 Å². The van der Waals surface area contributed by atoms with E-state index < -0.39 is 0 Å². The molecular formula is C11H23N5O. The summed E-state index contributed by atoms with van der Waals surface area (Å²) in [5.74, 6) is 7.04. The van der Waals surface area contributed by atoms with Crippen molar-refractivity contribution in [2.45, 2.75) is 39.3 Å². The maximum atomic E-state index is 5.52. The molecule has 0 bridgehead atoms. The third kappa shape index (κ3) is 4.80. The van der Waals surface area contributed by atoms with Crippen LogP contribution in [0, 0.1) is 5.92 Å². The molecule has 0 amide bonds. The van der Waals surface area contributed by atoms with Crippen LogP contribution in [-0.4, -0.2) is 34.5 Å². The molecule has 98 valence electrons. The van der Waals surface area contributed by atoms with Gasteiger partial charge in [0.05, 0.1) is 0 Å². The SMILES string of the molecule is COCCC(Cc1ncnn1CC(C)C)NN. The Kier molecular flexibility index (Phi) is 6.10. The molecule has 1 unspecified atom stereocenters. The number of hydrogen-bond acceptors (Lipinski definition) is 5. The van der Waals surface area contributed by atoms with Gasteiger partial charge in [0.15, 0.2) is 0 Å². The zero-order valence-corrected chi connectivity index (χ0v) is 10.9. The molecular weight excluding hydrogens is 218 g/mol. The average Bonchev–Trinajstić information content (AvgIpc) is 2.70. The average molecular weight is 241 g/mol. The number of ether oxygens (including phenoxy) is 1. The Morgan fingerprint density at radius 1 is 1.53 bits per heavy atom. The summed E-state index contributed by atoms with van der Waals surface area (Å²) in [6.45, 7) is 5.90. The summed E-state index contributed by atoms with van der Waals surface area (Å²) in [6.07, 6.45) is 3.23. The Morgan fingerprint density at radius 3 is 2.88 bits per heavy atom. The normalized spacial score (nSPS) is 13.2. The summed E-state index contributed by atoms with van der Waals surface area (Å²) in [5, 5.41) is 4.23. The molecule has 1 aromatic heterocycles. The van der Waals surface area contributed by atoms with Crippen LogP contribution >= 0.6 is 0 Å². The summed E-state index contributed by atoms with van der Waals surface area (Å²) in [5.41, 5.74) is 2.79. The van der Waals surface area contributed by atoms with Crippen LogP contribution in [0.5, 0.6) is 0 Å². The summed E-state index contributed by atoms with van der Waals surface area (Å²) in [4.78, 5) is 4.28. The molecule has 17 heavy (non-hydrogen) atoms. The minimum absolute atomic E-state index is 0.171. The number of hydrogen-bond donors (Lipinski definition) is 2. The van der Waals surface area contributed by atoms with Gasteiger partial charge in [0.1, 0.15) is 12.2 Å². The van der Waals surface area contributed by atoms with Crippen LogP contribution in [0.2, 0.25) is 0 Å². The topological polar surface area (TPSA) is 78.0 Å². The number of aromatic nitrogens is 3. The second kappa shape index (κ2) is 7.37. The fourth-order valence-electron chi connectivity index (χ4n) is 1.67. The fraction of sp³-hybridized carbons (Fsp3) is 0.818. The van der Waals surface area contributed by atoms with Gasteiger partial charge in [0, 0.05) is 32.7 Å². The van der Waals surface area contributed by atoms with Crippen LogP contribution in [0.15, 0.2) is 6.33 Å². The van der Waals surface area contributed by atoms with Crippen molar-refractivity contribution < 1.29 is 4.74 Å². The highest BCUT2D eigenvalue weighted by Crippen LogP contribution is 2.05. The van der Waals surface area contributed by atoms with Crippen molar-refractivity contribution in [3.05, 3.63) is 12.2 Å². The predicted octanol–water partition coefficient (Wildman–Crippen LogP) is 0.345. The molecule has 0 fully saturated rings. The van der Waals surface area contributed by atoms with Gasteiger partial charge in [-0.25, -0.2) is 9.67 Å². The van der Waals surface area contributed by atoms with Crippen molar-refractivity contribution in [2.24, 2.45) is 11.8 Å². The predicted molar refractivity (Wildman–Crippen MR) is 66.2 cm³/mol. The van der Waals surface area contributed by atoms with Crippen molar-refractivity contribution in [2.75, 3.05) is 13.7 Å². The molecule has 0 saturated carbocycles. The molecule has 0 aromatic carbocycles. The number of methoxy groups -OCH3 is 1. The molecule has 1 atom stereocenters. The molecule has 1 rings (SSSR count). The molecule has 0 aliphatic heterocycles. The molecule has 0 aliphatic rings. The highest BCUT2D eigenvalue weighted by atomic mass is 16.5. The second-order valence-corrected chi connectivity index (χ2v) is 4.60. The summed E-state index contributed by atoms with van der Waals surface area (Å²) in [7, 11) is 1.69.